The maximum Gasteiger partial charge on any atom is 0.490 e. The quantitative estimate of drug-likeness (QED) is 0.322. The molecule has 3 heterocycles. The molecule has 1 saturated heterocycles. The molecule has 0 radical (unpaired) electrons. The summed E-state index contributed by atoms with van der Waals surface area (Å²) in [5.74, 6) is -2.84. The molecule has 204 valence electrons. The van der Waals surface area contributed by atoms with Crippen molar-refractivity contribution in [2.75, 3.05) is 36.1 Å². The van der Waals surface area contributed by atoms with Crippen LogP contribution in [-0.2, 0) is 14.3 Å². The van der Waals surface area contributed by atoms with Gasteiger partial charge in [0.2, 0.25) is 5.95 Å². The number of nitrogens with zero attached hydrogens (tertiary/aromatic N) is 4. The van der Waals surface area contributed by atoms with Crippen molar-refractivity contribution in [2.24, 2.45) is 0 Å². The number of aliphatic carboxylic acids is 1. The number of esters is 1. The Bertz CT molecular complexity index is 1320. The third-order valence-corrected chi connectivity index (χ3v) is 5.68. The number of piperidine rings is 1. The number of carboxylic acid groups (broad SMARTS) is 1. The minimum absolute atomic E-state index is 0.0775. The molecule has 4 rings (SSSR count). The summed E-state index contributed by atoms with van der Waals surface area (Å²) in [7, 11) is 1.73. The molecular weight excluding hydrogens is 512 g/mol. The third kappa shape index (κ3) is 6.36. The van der Waals surface area contributed by atoms with Gasteiger partial charge in [0.15, 0.2) is 5.65 Å². The molecule has 1 aromatic carbocycles. The summed E-state index contributed by atoms with van der Waals surface area (Å²) in [5.41, 5.74) is 7.52. The molecule has 0 amide bonds. The summed E-state index contributed by atoms with van der Waals surface area (Å²) < 4.78 is 52.2. The highest BCUT2D eigenvalue weighted by Crippen LogP contribution is 2.37. The predicted octanol–water partition coefficient (Wildman–Crippen LogP) is 4.01. The van der Waals surface area contributed by atoms with E-state index in [1.54, 1.807) is 32.2 Å². The Balaban J connectivity index is 0.000000505. The zero-order valence-electron chi connectivity index (χ0n) is 20.5. The SMILES string of the molecule is CCOC(=O)C1CCCCN1c1cccc(F)c1-c1ccc2c(NC)nc(N)nc2n1.O=C(O)C(F)(F)F. The third-order valence-electron chi connectivity index (χ3n) is 5.68. The van der Waals surface area contributed by atoms with Gasteiger partial charge >= 0.3 is 18.1 Å². The molecule has 1 atom stereocenters. The lowest BCUT2D eigenvalue weighted by Gasteiger charge is -2.37. The summed E-state index contributed by atoms with van der Waals surface area (Å²) in [5, 5.41) is 10.8. The van der Waals surface area contributed by atoms with Crippen molar-refractivity contribution >= 4 is 40.4 Å². The molecule has 1 aliphatic rings. The molecule has 1 fully saturated rings. The topological polar surface area (TPSA) is 144 Å². The zero-order chi connectivity index (χ0) is 28.0. The van der Waals surface area contributed by atoms with E-state index < -0.39 is 24.0 Å². The molecular formula is C24H26F4N6O4. The number of ether oxygens (including phenoxy) is 1. The summed E-state index contributed by atoms with van der Waals surface area (Å²) in [6.45, 7) is 2.72. The van der Waals surface area contributed by atoms with Crippen molar-refractivity contribution in [1.29, 1.82) is 0 Å². The summed E-state index contributed by atoms with van der Waals surface area (Å²) in [6.07, 6.45) is -2.59. The highest BCUT2D eigenvalue weighted by molar-refractivity contribution is 5.91. The molecule has 0 spiro atoms. The number of benzene rings is 1. The first kappa shape index (κ1) is 28.3. The lowest BCUT2D eigenvalue weighted by atomic mass is 9.98. The van der Waals surface area contributed by atoms with Gasteiger partial charge in [0.25, 0.3) is 0 Å². The maximum absolute atomic E-state index is 15.1. The van der Waals surface area contributed by atoms with Gasteiger partial charge in [0.1, 0.15) is 17.7 Å². The molecule has 1 unspecified atom stereocenters. The van der Waals surface area contributed by atoms with Crippen molar-refractivity contribution in [3.05, 3.63) is 36.1 Å². The monoisotopic (exact) mass is 538 g/mol. The van der Waals surface area contributed by atoms with Crippen LogP contribution in [0.2, 0.25) is 0 Å². The normalized spacial score (nSPS) is 15.4. The van der Waals surface area contributed by atoms with E-state index in [0.717, 1.165) is 12.8 Å². The average molecular weight is 539 g/mol. The number of carbonyl (C=O) groups excluding carboxylic acids is 1. The number of carboxylic acids is 1. The van der Waals surface area contributed by atoms with E-state index in [1.807, 2.05) is 11.0 Å². The van der Waals surface area contributed by atoms with Crippen LogP contribution < -0.4 is 16.0 Å². The predicted molar refractivity (Wildman–Crippen MR) is 132 cm³/mol. The Morgan fingerprint density at radius 1 is 1.18 bits per heavy atom. The van der Waals surface area contributed by atoms with Gasteiger partial charge in [0, 0.05) is 19.3 Å². The first-order chi connectivity index (χ1) is 18.0. The average Bonchev–Trinajstić information content (AvgIpc) is 2.87. The number of nitrogens with two attached hydrogens (primary N) is 1. The van der Waals surface area contributed by atoms with Crippen LogP contribution in [0.15, 0.2) is 30.3 Å². The second-order valence-corrected chi connectivity index (χ2v) is 8.14. The fraction of sp³-hybridized carbons (Fsp3) is 0.375. The molecule has 38 heavy (non-hydrogen) atoms. The van der Waals surface area contributed by atoms with Crippen LogP contribution >= 0.6 is 0 Å². The Hall–Kier alpha value is -4.23. The van der Waals surface area contributed by atoms with Crippen LogP contribution in [-0.4, -0.2) is 64.4 Å². The molecule has 1 aliphatic heterocycles. The van der Waals surface area contributed by atoms with Crippen LogP contribution in [0.25, 0.3) is 22.3 Å². The molecule has 0 aliphatic carbocycles. The summed E-state index contributed by atoms with van der Waals surface area (Å²) in [6, 6.07) is 7.91. The molecule has 4 N–H and O–H groups in total. The van der Waals surface area contributed by atoms with Crippen LogP contribution in [0.5, 0.6) is 0 Å². The number of fused-ring (bicyclic) bond motifs is 1. The van der Waals surface area contributed by atoms with Crippen LogP contribution in [0.4, 0.5) is 35.0 Å². The summed E-state index contributed by atoms with van der Waals surface area (Å²) >= 11 is 0. The van der Waals surface area contributed by atoms with Gasteiger partial charge in [-0.25, -0.2) is 19.0 Å². The first-order valence-corrected chi connectivity index (χ1v) is 11.6. The minimum Gasteiger partial charge on any atom is -0.475 e. The van der Waals surface area contributed by atoms with E-state index in [9.17, 15) is 18.0 Å². The fourth-order valence-electron chi connectivity index (χ4n) is 4.07. The van der Waals surface area contributed by atoms with Crippen molar-refractivity contribution < 1.29 is 37.0 Å². The number of pyridine rings is 1. The van der Waals surface area contributed by atoms with Crippen molar-refractivity contribution in [3.8, 4) is 11.3 Å². The van der Waals surface area contributed by atoms with Gasteiger partial charge < -0.3 is 25.8 Å². The zero-order valence-corrected chi connectivity index (χ0v) is 20.5. The fourth-order valence-corrected chi connectivity index (χ4v) is 4.07. The standard InChI is InChI=1S/C22H25FN6O2.C2HF3O2/c1-3-31-21(30)17-8-4-5-12-29(17)16-9-6-7-14(23)18(16)15-11-10-13-19(25-2)27-22(24)28-20(13)26-15;3-2(4,5)1(6)7/h6-7,9-11,17H,3-5,8,12H2,1-2H3,(H3,24,25,26,27,28);(H,6,7). The highest BCUT2D eigenvalue weighted by Gasteiger charge is 2.38. The number of carbonyl (C=O) groups is 2. The van der Waals surface area contributed by atoms with E-state index in [2.05, 4.69) is 20.3 Å². The molecule has 2 aromatic heterocycles. The second-order valence-electron chi connectivity index (χ2n) is 8.14. The first-order valence-electron chi connectivity index (χ1n) is 11.6. The maximum atomic E-state index is 15.1. The summed E-state index contributed by atoms with van der Waals surface area (Å²) in [4.78, 5) is 36.4. The number of rotatable bonds is 5. The number of halogens is 4. The number of aromatic nitrogens is 3. The minimum atomic E-state index is -5.08. The van der Waals surface area contributed by atoms with E-state index in [0.29, 0.717) is 53.4 Å². The van der Waals surface area contributed by atoms with Gasteiger partial charge in [-0.1, -0.05) is 6.07 Å². The van der Waals surface area contributed by atoms with Gasteiger partial charge in [0.05, 0.1) is 23.3 Å². The van der Waals surface area contributed by atoms with Gasteiger partial charge in [-0.05, 0) is 50.5 Å². The smallest absolute Gasteiger partial charge is 0.475 e. The second kappa shape index (κ2) is 11.9. The largest absolute Gasteiger partial charge is 0.490 e. The van der Waals surface area contributed by atoms with Gasteiger partial charge in [-0.3, -0.25) is 0 Å². The van der Waals surface area contributed by atoms with Crippen molar-refractivity contribution in [3.63, 3.8) is 0 Å². The Kier molecular flexibility index (Phi) is 8.86. The van der Waals surface area contributed by atoms with Crippen LogP contribution in [0.3, 0.4) is 0 Å². The van der Waals surface area contributed by atoms with E-state index in [4.69, 9.17) is 20.4 Å². The van der Waals surface area contributed by atoms with Crippen LogP contribution in [0.1, 0.15) is 26.2 Å². The van der Waals surface area contributed by atoms with Crippen molar-refractivity contribution in [1.82, 2.24) is 15.0 Å². The number of nitrogens with one attached hydrogen (secondary N) is 1. The number of nitrogen functional groups attached to an aromatic ring is 1. The Morgan fingerprint density at radius 3 is 2.53 bits per heavy atom. The lowest BCUT2D eigenvalue weighted by molar-refractivity contribution is -0.192. The lowest BCUT2D eigenvalue weighted by Crippen LogP contribution is -2.46. The molecule has 3 aromatic rings. The van der Waals surface area contributed by atoms with E-state index >= 15 is 4.39 Å². The number of hydrogen-bond acceptors (Lipinski definition) is 9. The number of alkyl halides is 3. The van der Waals surface area contributed by atoms with Crippen LogP contribution in [0, 0.1) is 5.82 Å². The number of hydrogen-bond donors (Lipinski definition) is 3. The Morgan fingerprint density at radius 2 is 1.89 bits per heavy atom. The molecule has 0 saturated carbocycles. The molecule has 10 nitrogen and oxygen atoms in total. The molecule has 14 heteroatoms. The van der Waals surface area contributed by atoms with E-state index in [-0.39, 0.29) is 11.9 Å². The van der Waals surface area contributed by atoms with E-state index in [1.165, 1.54) is 6.07 Å². The van der Waals surface area contributed by atoms with Gasteiger partial charge in [-0.2, -0.15) is 23.1 Å². The number of anilines is 3. The molecule has 0 bridgehead atoms. The highest BCUT2D eigenvalue weighted by atomic mass is 19.4. The Labute approximate surface area is 214 Å². The van der Waals surface area contributed by atoms with Crippen molar-refractivity contribution in [2.45, 2.75) is 38.4 Å². The van der Waals surface area contributed by atoms with Gasteiger partial charge in [-0.15, -0.1) is 0 Å².